The van der Waals surface area contributed by atoms with Crippen molar-refractivity contribution in [2.24, 2.45) is 5.10 Å². The fourth-order valence-electron chi connectivity index (χ4n) is 1.94. The van der Waals surface area contributed by atoms with Gasteiger partial charge >= 0.3 is 11.8 Å². The summed E-state index contributed by atoms with van der Waals surface area (Å²) in [5.74, 6) is -1.66. The molecule has 128 valence electrons. The molecule has 0 aromatic heterocycles. The summed E-state index contributed by atoms with van der Waals surface area (Å²) in [6.07, 6.45) is 1.91. The number of hydrogen-bond donors (Lipinski definition) is 2. The third-order valence-electron chi connectivity index (χ3n) is 3.23. The zero-order valence-electron chi connectivity index (χ0n) is 13.2. The highest BCUT2D eigenvalue weighted by Crippen LogP contribution is 2.10. The van der Waals surface area contributed by atoms with Crippen LogP contribution in [0.1, 0.15) is 11.1 Å². The van der Waals surface area contributed by atoms with Crippen molar-refractivity contribution >= 4 is 23.7 Å². The van der Waals surface area contributed by atoms with Crippen molar-refractivity contribution in [3.63, 3.8) is 0 Å². The maximum absolute atomic E-state index is 11.6. The highest BCUT2D eigenvalue weighted by atomic mass is 16.6. The Hall–Kier alpha value is -3.55. The molecule has 2 amide bonds. The van der Waals surface area contributed by atoms with E-state index in [1.54, 1.807) is 0 Å². The summed E-state index contributed by atoms with van der Waals surface area (Å²) < 4.78 is 0. The van der Waals surface area contributed by atoms with E-state index in [9.17, 15) is 19.7 Å². The van der Waals surface area contributed by atoms with Crippen molar-refractivity contribution in [1.82, 2.24) is 10.7 Å². The Morgan fingerprint density at radius 1 is 1.04 bits per heavy atom. The molecule has 0 radical (unpaired) electrons. The summed E-state index contributed by atoms with van der Waals surface area (Å²) in [4.78, 5) is 33.2. The molecule has 0 unspecified atom stereocenters. The SMILES string of the molecule is O=C(NCCc1ccccc1)C(=O)N/N=C/c1ccc([N+](=O)[O-])cc1. The first kappa shape index (κ1) is 17.8. The Morgan fingerprint density at radius 2 is 1.72 bits per heavy atom. The smallest absolute Gasteiger partial charge is 0.329 e. The van der Waals surface area contributed by atoms with E-state index in [0.29, 0.717) is 18.5 Å². The lowest BCUT2D eigenvalue weighted by molar-refractivity contribution is -0.384. The number of non-ortho nitro benzene ring substituents is 1. The number of nitrogens with one attached hydrogen (secondary N) is 2. The van der Waals surface area contributed by atoms with Gasteiger partial charge in [-0.1, -0.05) is 30.3 Å². The summed E-state index contributed by atoms with van der Waals surface area (Å²) >= 11 is 0. The minimum absolute atomic E-state index is 0.0426. The Bertz CT molecular complexity index is 773. The third kappa shape index (κ3) is 5.87. The first-order valence-corrected chi connectivity index (χ1v) is 7.46. The van der Waals surface area contributed by atoms with Gasteiger partial charge in [-0.05, 0) is 29.7 Å². The highest BCUT2D eigenvalue weighted by Gasteiger charge is 2.11. The van der Waals surface area contributed by atoms with Crippen LogP contribution in [0.2, 0.25) is 0 Å². The number of benzene rings is 2. The number of amides is 2. The van der Waals surface area contributed by atoms with Crippen LogP contribution in [0.5, 0.6) is 0 Å². The molecule has 0 bridgehead atoms. The van der Waals surface area contributed by atoms with Crippen LogP contribution >= 0.6 is 0 Å². The van der Waals surface area contributed by atoms with E-state index in [1.165, 1.54) is 30.5 Å². The summed E-state index contributed by atoms with van der Waals surface area (Å²) in [7, 11) is 0. The monoisotopic (exact) mass is 340 g/mol. The van der Waals surface area contributed by atoms with Gasteiger partial charge in [-0.3, -0.25) is 19.7 Å². The normalized spacial score (nSPS) is 10.4. The minimum Gasteiger partial charge on any atom is -0.347 e. The van der Waals surface area contributed by atoms with Crippen molar-refractivity contribution in [2.75, 3.05) is 6.54 Å². The molecule has 0 fully saturated rings. The number of nitrogens with zero attached hydrogens (tertiary/aromatic N) is 2. The zero-order chi connectivity index (χ0) is 18.1. The Morgan fingerprint density at radius 3 is 2.36 bits per heavy atom. The number of rotatable bonds is 6. The molecule has 0 atom stereocenters. The van der Waals surface area contributed by atoms with Gasteiger partial charge in [0.25, 0.3) is 5.69 Å². The van der Waals surface area contributed by atoms with Crippen LogP contribution in [0, 0.1) is 10.1 Å². The quantitative estimate of drug-likeness (QED) is 0.358. The average molecular weight is 340 g/mol. The fourth-order valence-corrected chi connectivity index (χ4v) is 1.94. The van der Waals surface area contributed by atoms with Crippen molar-refractivity contribution in [3.8, 4) is 0 Å². The van der Waals surface area contributed by atoms with E-state index in [0.717, 1.165) is 5.56 Å². The summed E-state index contributed by atoms with van der Waals surface area (Å²) in [6, 6.07) is 15.2. The van der Waals surface area contributed by atoms with Gasteiger partial charge in [0.1, 0.15) is 0 Å². The average Bonchev–Trinajstić information content (AvgIpc) is 2.63. The summed E-state index contributed by atoms with van der Waals surface area (Å²) in [5.41, 5.74) is 3.67. The van der Waals surface area contributed by atoms with E-state index in [4.69, 9.17) is 0 Å². The summed E-state index contributed by atoms with van der Waals surface area (Å²) in [5, 5.41) is 16.7. The fraction of sp³-hybridized carbons (Fsp3) is 0.118. The second-order valence-electron chi connectivity index (χ2n) is 5.04. The molecule has 2 N–H and O–H groups in total. The van der Waals surface area contributed by atoms with Gasteiger partial charge in [-0.2, -0.15) is 5.10 Å². The molecule has 0 spiro atoms. The van der Waals surface area contributed by atoms with E-state index >= 15 is 0 Å². The molecular formula is C17H16N4O4. The first-order chi connectivity index (χ1) is 12.1. The molecule has 2 aromatic carbocycles. The van der Waals surface area contributed by atoms with E-state index < -0.39 is 16.7 Å². The third-order valence-corrected chi connectivity index (χ3v) is 3.23. The molecule has 0 aliphatic rings. The second kappa shape index (κ2) is 8.92. The number of carbonyl (C=O) groups is 2. The number of nitro benzene ring substituents is 1. The van der Waals surface area contributed by atoms with Crippen LogP contribution < -0.4 is 10.7 Å². The molecule has 8 nitrogen and oxygen atoms in total. The van der Waals surface area contributed by atoms with E-state index in [1.807, 2.05) is 30.3 Å². The number of carbonyl (C=O) groups excluding carboxylic acids is 2. The molecule has 0 saturated heterocycles. The van der Waals surface area contributed by atoms with Crippen molar-refractivity contribution in [3.05, 3.63) is 75.8 Å². The first-order valence-electron chi connectivity index (χ1n) is 7.46. The molecular weight excluding hydrogens is 324 g/mol. The topological polar surface area (TPSA) is 114 Å². The molecule has 0 saturated carbocycles. The molecule has 25 heavy (non-hydrogen) atoms. The van der Waals surface area contributed by atoms with Gasteiger partial charge < -0.3 is 5.32 Å². The van der Waals surface area contributed by atoms with Crippen LogP contribution in [-0.2, 0) is 16.0 Å². The van der Waals surface area contributed by atoms with Crippen molar-refractivity contribution < 1.29 is 14.5 Å². The molecule has 8 heteroatoms. The lowest BCUT2D eigenvalue weighted by Crippen LogP contribution is -2.38. The van der Waals surface area contributed by atoms with Crippen LogP contribution in [-0.4, -0.2) is 29.5 Å². The molecule has 2 aromatic rings. The maximum Gasteiger partial charge on any atom is 0.329 e. The van der Waals surface area contributed by atoms with E-state index in [2.05, 4.69) is 15.8 Å². The Balaban J connectivity index is 1.75. The number of hydrogen-bond acceptors (Lipinski definition) is 5. The van der Waals surface area contributed by atoms with Crippen LogP contribution in [0.4, 0.5) is 5.69 Å². The Kier molecular flexibility index (Phi) is 6.35. The number of hydrazone groups is 1. The Labute approximate surface area is 143 Å². The lowest BCUT2D eigenvalue weighted by Gasteiger charge is -2.04. The standard InChI is InChI=1S/C17H16N4O4/c22-16(18-11-10-13-4-2-1-3-5-13)17(23)20-19-12-14-6-8-15(9-7-14)21(24)25/h1-9,12H,10-11H2,(H,18,22)(H,20,23)/b19-12+. The second-order valence-corrected chi connectivity index (χ2v) is 5.04. The zero-order valence-corrected chi connectivity index (χ0v) is 13.2. The van der Waals surface area contributed by atoms with Gasteiger partial charge in [0, 0.05) is 18.7 Å². The van der Waals surface area contributed by atoms with Crippen molar-refractivity contribution in [1.29, 1.82) is 0 Å². The largest absolute Gasteiger partial charge is 0.347 e. The molecule has 0 heterocycles. The molecule has 0 aliphatic heterocycles. The van der Waals surface area contributed by atoms with Crippen LogP contribution in [0.15, 0.2) is 59.7 Å². The molecule has 0 aliphatic carbocycles. The highest BCUT2D eigenvalue weighted by molar-refractivity contribution is 6.35. The van der Waals surface area contributed by atoms with Crippen molar-refractivity contribution in [2.45, 2.75) is 6.42 Å². The number of nitro groups is 1. The molecule has 2 rings (SSSR count). The predicted molar refractivity (Wildman–Crippen MR) is 92.0 cm³/mol. The van der Waals surface area contributed by atoms with Gasteiger partial charge in [0.2, 0.25) is 0 Å². The van der Waals surface area contributed by atoms with Gasteiger partial charge in [0.15, 0.2) is 0 Å². The predicted octanol–water partition coefficient (Wildman–Crippen LogP) is 1.40. The van der Waals surface area contributed by atoms with Gasteiger partial charge in [0.05, 0.1) is 11.1 Å². The van der Waals surface area contributed by atoms with Gasteiger partial charge in [-0.15, -0.1) is 0 Å². The summed E-state index contributed by atoms with van der Waals surface area (Å²) in [6.45, 7) is 0.336. The lowest BCUT2D eigenvalue weighted by atomic mass is 10.1. The van der Waals surface area contributed by atoms with E-state index in [-0.39, 0.29) is 5.69 Å². The minimum atomic E-state index is -0.883. The van der Waals surface area contributed by atoms with Crippen LogP contribution in [0.25, 0.3) is 0 Å². The van der Waals surface area contributed by atoms with Gasteiger partial charge in [-0.25, -0.2) is 5.43 Å². The maximum atomic E-state index is 11.6. The van der Waals surface area contributed by atoms with Crippen LogP contribution in [0.3, 0.4) is 0 Å².